The first-order chi connectivity index (χ1) is 15.7. The maximum Gasteiger partial charge on any atom is 0.243 e. The minimum atomic E-state index is -4.07. The number of rotatable bonds is 4. The summed E-state index contributed by atoms with van der Waals surface area (Å²) in [5.74, 6) is -0.607. The molecule has 11 heteroatoms. The van der Waals surface area contributed by atoms with E-state index in [0.29, 0.717) is 25.9 Å². The van der Waals surface area contributed by atoms with E-state index < -0.39 is 34.1 Å². The molecule has 0 bridgehead atoms. The molecule has 0 aliphatic carbocycles. The van der Waals surface area contributed by atoms with E-state index in [9.17, 15) is 22.7 Å². The van der Waals surface area contributed by atoms with Crippen LogP contribution in [0.5, 0.6) is 0 Å². The zero-order valence-corrected chi connectivity index (χ0v) is 19.6. The number of nitrogens with zero attached hydrogens (tertiary/aromatic N) is 3. The molecule has 3 saturated heterocycles. The topological polar surface area (TPSA) is 99.6 Å². The van der Waals surface area contributed by atoms with E-state index in [1.54, 1.807) is 0 Å². The van der Waals surface area contributed by atoms with Crippen molar-refractivity contribution in [2.75, 3.05) is 53.0 Å². The van der Waals surface area contributed by atoms with Crippen molar-refractivity contribution in [3.8, 4) is 0 Å². The van der Waals surface area contributed by atoms with Crippen molar-refractivity contribution < 1.29 is 32.2 Å². The molecule has 33 heavy (non-hydrogen) atoms. The summed E-state index contributed by atoms with van der Waals surface area (Å²) in [7, 11) is -2.04. The number of likely N-dealkylation sites (N-methyl/N-ethyl adjacent to an activating group) is 1. The maximum atomic E-state index is 13.8. The third kappa shape index (κ3) is 5.72. The summed E-state index contributed by atoms with van der Waals surface area (Å²) >= 11 is 0. The number of piperazine rings is 1. The molecule has 1 aromatic rings. The van der Waals surface area contributed by atoms with Gasteiger partial charge in [0.05, 0.1) is 48.9 Å². The Morgan fingerprint density at radius 2 is 1.94 bits per heavy atom. The fourth-order valence-corrected chi connectivity index (χ4v) is 6.46. The Kier molecular flexibility index (Phi) is 7.66. The molecule has 0 saturated carbocycles. The first kappa shape index (κ1) is 24.5. The number of amides is 1. The van der Waals surface area contributed by atoms with Gasteiger partial charge in [0.1, 0.15) is 5.82 Å². The van der Waals surface area contributed by atoms with E-state index in [4.69, 9.17) is 9.47 Å². The van der Waals surface area contributed by atoms with E-state index in [1.807, 2.05) is 11.9 Å². The monoisotopic (exact) mass is 485 g/mol. The molecule has 3 fully saturated rings. The molecular formula is C22H32FN3O6S. The Balaban J connectivity index is 1.48. The Morgan fingerprint density at radius 1 is 1.18 bits per heavy atom. The van der Waals surface area contributed by atoms with Crippen molar-refractivity contribution in [1.29, 1.82) is 0 Å². The number of sulfonamides is 1. The molecule has 184 valence electrons. The van der Waals surface area contributed by atoms with Gasteiger partial charge in [-0.3, -0.25) is 4.79 Å². The lowest BCUT2D eigenvalue weighted by molar-refractivity contribution is -0.152. The Hall–Kier alpha value is -1.63. The lowest BCUT2D eigenvalue weighted by Crippen LogP contribution is -2.57. The van der Waals surface area contributed by atoms with Crippen molar-refractivity contribution in [2.24, 2.45) is 0 Å². The van der Waals surface area contributed by atoms with Gasteiger partial charge in [-0.1, -0.05) is 6.07 Å². The summed E-state index contributed by atoms with van der Waals surface area (Å²) in [6, 6.07) is 4.27. The van der Waals surface area contributed by atoms with Crippen LogP contribution in [0.3, 0.4) is 0 Å². The van der Waals surface area contributed by atoms with E-state index in [2.05, 4.69) is 4.90 Å². The van der Waals surface area contributed by atoms with Crippen LogP contribution in [0.2, 0.25) is 0 Å². The van der Waals surface area contributed by atoms with Crippen LogP contribution >= 0.6 is 0 Å². The highest BCUT2D eigenvalue weighted by Gasteiger charge is 2.43. The van der Waals surface area contributed by atoms with Gasteiger partial charge < -0.3 is 24.4 Å². The highest BCUT2D eigenvalue weighted by atomic mass is 32.2. The molecule has 0 spiro atoms. The number of fused-ring (bicyclic) bond motifs is 1. The molecule has 4 rings (SSSR count). The smallest absolute Gasteiger partial charge is 0.243 e. The lowest BCUT2D eigenvalue weighted by Gasteiger charge is -2.44. The van der Waals surface area contributed by atoms with Crippen molar-refractivity contribution >= 4 is 15.9 Å². The lowest BCUT2D eigenvalue weighted by atomic mass is 9.96. The standard InChI is InChI=1S/C22H32FN3O6S/c1-24-7-9-25(10-8-24)22(28)12-18-5-6-20-21(32-18)15-31-14-17(27)13-26(20)33(29,30)19-4-2-3-16(23)11-19/h2-4,11,17-18,20-21,27H,5-10,12-15H2,1H3/t17-,18+,20-,21+/m1/s1. The number of ether oxygens (including phenoxy) is 2. The number of carbonyl (C=O) groups excluding carboxylic acids is 1. The number of β-amino-alcohol motifs (C(OH)–C–C–N with tert-alkyl or cyclic N) is 1. The Morgan fingerprint density at radius 3 is 2.67 bits per heavy atom. The van der Waals surface area contributed by atoms with E-state index in [0.717, 1.165) is 19.2 Å². The van der Waals surface area contributed by atoms with Crippen molar-refractivity contribution in [3.05, 3.63) is 30.1 Å². The second kappa shape index (κ2) is 10.3. The zero-order chi connectivity index (χ0) is 23.6. The average molecular weight is 486 g/mol. The third-order valence-electron chi connectivity index (χ3n) is 6.59. The molecule has 3 aliphatic rings. The van der Waals surface area contributed by atoms with E-state index in [1.165, 1.54) is 22.5 Å². The molecule has 0 radical (unpaired) electrons. The van der Waals surface area contributed by atoms with Crippen molar-refractivity contribution in [3.63, 3.8) is 0 Å². The van der Waals surface area contributed by atoms with Gasteiger partial charge in [0.2, 0.25) is 15.9 Å². The molecule has 4 atom stereocenters. The minimum absolute atomic E-state index is 0.0351. The predicted molar refractivity (Wildman–Crippen MR) is 117 cm³/mol. The van der Waals surface area contributed by atoms with Gasteiger partial charge in [-0.25, -0.2) is 12.8 Å². The van der Waals surface area contributed by atoms with Crippen LogP contribution in [0, 0.1) is 5.82 Å². The number of aliphatic hydroxyl groups is 1. The molecule has 3 heterocycles. The number of halogens is 1. The molecule has 3 aliphatic heterocycles. The summed E-state index contributed by atoms with van der Waals surface area (Å²) in [4.78, 5) is 16.6. The fourth-order valence-electron chi connectivity index (χ4n) is 4.71. The summed E-state index contributed by atoms with van der Waals surface area (Å²) in [6.07, 6.45) is -0.718. The molecule has 0 aromatic heterocycles. The Labute approximate surface area is 194 Å². The van der Waals surface area contributed by atoms with Crippen LogP contribution in [0.4, 0.5) is 4.39 Å². The van der Waals surface area contributed by atoms with Gasteiger partial charge >= 0.3 is 0 Å². The van der Waals surface area contributed by atoms with Gasteiger partial charge in [0.15, 0.2) is 0 Å². The molecule has 0 unspecified atom stereocenters. The summed E-state index contributed by atoms with van der Waals surface area (Å²) in [5, 5.41) is 10.3. The number of carbonyl (C=O) groups is 1. The molecule has 1 N–H and O–H groups in total. The van der Waals surface area contributed by atoms with Crippen LogP contribution < -0.4 is 0 Å². The number of hydrogen-bond donors (Lipinski definition) is 1. The number of benzene rings is 1. The van der Waals surface area contributed by atoms with Crippen LogP contribution in [0.25, 0.3) is 0 Å². The van der Waals surface area contributed by atoms with Gasteiger partial charge in [0.25, 0.3) is 0 Å². The fraction of sp³-hybridized carbons (Fsp3) is 0.682. The summed E-state index contributed by atoms with van der Waals surface area (Å²) < 4.78 is 53.5. The van der Waals surface area contributed by atoms with Crippen LogP contribution in [0.1, 0.15) is 19.3 Å². The maximum absolute atomic E-state index is 13.8. The first-order valence-corrected chi connectivity index (χ1v) is 12.8. The van der Waals surface area contributed by atoms with Crippen molar-refractivity contribution in [2.45, 2.75) is 48.5 Å². The predicted octanol–water partition coefficient (Wildman–Crippen LogP) is 0.288. The molecule has 9 nitrogen and oxygen atoms in total. The van der Waals surface area contributed by atoms with E-state index in [-0.39, 0.29) is 43.1 Å². The average Bonchev–Trinajstić information content (AvgIpc) is 2.77. The molecule has 1 amide bonds. The normalized spacial score (nSPS) is 30.3. The van der Waals surface area contributed by atoms with Crippen LogP contribution in [-0.2, 0) is 24.3 Å². The molecule has 1 aromatic carbocycles. The second-order valence-corrected chi connectivity index (χ2v) is 10.9. The number of aliphatic hydroxyl groups excluding tert-OH is 1. The quantitative estimate of drug-likeness (QED) is 0.654. The number of hydrogen-bond acceptors (Lipinski definition) is 7. The Bertz CT molecular complexity index is 940. The second-order valence-electron chi connectivity index (χ2n) is 9.05. The largest absolute Gasteiger partial charge is 0.389 e. The highest BCUT2D eigenvalue weighted by molar-refractivity contribution is 7.89. The van der Waals surface area contributed by atoms with Gasteiger partial charge in [0, 0.05) is 32.7 Å². The van der Waals surface area contributed by atoms with Crippen LogP contribution in [0.15, 0.2) is 29.2 Å². The molecular weight excluding hydrogens is 453 g/mol. The third-order valence-corrected chi connectivity index (χ3v) is 8.48. The minimum Gasteiger partial charge on any atom is -0.389 e. The summed E-state index contributed by atoms with van der Waals surface area (Å²) in [6.45, 7) is 2.95. The van der Waals surface area contributed by atoms with Gasteiger partial charge in [-0.05, 0) is 38.1 Å². The van der Waals surface area contributed by atoms with Crippen molar-refractivity contribution in [1.82, 2.24) is 14.1 Å². The van der Waals surface area contributed by atoms with Crippen LogP contribution in [-0.4, -0.2) is 111 Å². The van der Waals surface area contributed by atoms with Gasteiger partial charge in [-0.2, -0.15) is 4.31 Å². The summed E-state index contributed by atoms with van der Waals surface area (Å²) in [5.41, 5.74) is 0. The highest BCUT2D eigenvalue weighted by Crippen LogP contribution is 2.32. The SMILES string of the molecule is CN1CCN(C(=O)C[C@@H]2CC[C@@H]3[C@H](COC[C@H](O)CN3S(=O)(=O)c3cccc(F)c3)O2)CC1. The van der Waals surface area contributed by atoms with E-state index >= 15 is 0 Å². The first-order valence-electron chi connectivity index (χ1n) is 11.4. The van der Waals surface area contributed by atoms with Gasteiger partial charge in [-0.15, -0.1) is 0 Å². The zero-order valence-electron chi connectivity index (χ0n) is 18.8.